The minimum absolute atomic E-state index is 0.0154. The van der Waals surface area contributed by atoms with E-state index in [-0.39, 0.29) is 17.6 Å². The van der Waals surface area contributed by atoms with Crippen LogP contribution in [0.1, 0.15) is 23.5 Å². The monoisotopic (exact) mass is 325 g/mol. The molecule has 0 unspecified atom stereocenters. The standard InChI is InChI=1S/C16H15N5O3/c1-10(22)19-7-13(8-19)21-6-12(4-17-21)11-2-3-15-18-14(16(23)24)9-20(15)5-11/h2-6,9,13H,7-8H2,1H3,(H,23,24). The molecule has 4 heterocycles. The maximum atomic E-state index is 11.2. The quantitative estimate of drug-likeness (QED) is 0.783. The number of rotatable bonds is 3. The van der Waals surface area contributed by atoms with E-state index in [1.54, 1.807) is 28.5 Å². The van der Waals surface area contributed by atoms with Gasteiger partial charge in [0.05, 0.1) is 12.2 Å². The van der Waals surface area contributed by atoms with Crippen molar-refractivity contribution in [3.63, 3.8) is 0 Å². The second-order valence-corrected chi connectivity index (χ2v) is 5.90. The molecule has 1 saturated heterocycles. The van der Waals surface area contributed by atoms with E-state index >= 15 is 0 Å². The third-order valence-corrected chi connectivity index (χ3v) is 4.29. The highest BCUT2D eigenvalue weighted by atomic mass is 16.4. The minimum Gasteiger partial charge on any atom is -0.476 e. The second kappa shape index (κ2) is 5.19. The highest BCUT2D eigenvalue weighted by molar-refractivity contribution is 5.86. The molecule has 0 atom stereocenters. The highest BCUT2D eigenvalue weighted by Gasteiger charge is 2.30. The smallest absolute Gasteiger partial charge is 0.356 e. The molecule has 8 heteroatoms. The number of carboxylic acid groups (broad SMARTS) is 1. The van der Waals surface area contributed by atoms with Crippen LogP contribution in [0.15, 0.2) is 36.9 Å². The Morgan fingerprint density at radius 1 is 1.17 bits per heavy atom. The van der Waals surface area contributed by atoms with Crippen LogP contribution >= 0.6 is 0 Å². The van der Waals surface area contributed by atoms with Crippen molar-refractivity contribution in [3.05, 3.63) is 42.6 Å². The van der Waals surface area contributed by atoms with Gasteiger partial charge in [-0.05, 0) is 12.1 Å². The van der Waals surface area contributed by atoms with Gasteiger partial charge in [0.1, 0.15) is 5.65 Å². The summed E-state index contributed by atoms with van der Waals surface area (Å²) in [5.74, 6) is -0.966. The van der Waals surface area contributed by atoms with Crippen LogP contribution < -0.4 is 0 Å². The van der Waals surface area contributed by atoms with Gasteiger partial charge in [0.15, 0.2) is 5.69 Å². The first-order valence-electron chi connectivity index (χ1n) is 7.53. The zero-order chi connectivity index (χ0) is 16.8. The number of fused-ring (bicyclic) bond motifs is 1. The average Bonchev–Trinajstić information content (AvgIpc) is 3.10. The molecule has 3 aromatic rings. The number of nitrogens with zero attached hydrogens (tertiary/aromatic N) is 5. The van der Waals surface area contributed by atoms with Crippen LogP contribution in [0, 0.1) is 0 Å². The number of hydrogen-bond donors (Lipinski definition) is 1. The molecule has 1 fully saturated rings. The molecule has 1 aliphatic rings. The lowest BCUT2D eigenvalue weighted by molar-refractivity contribution is -0.134. The van der Waals surface area contributed by atoms with Gasteiger partial charge in [0, 0.05) is 49.7 Å². The van der Waals surface area contributed by atoms with Crippen LogP contribution in [-0.2, 0) is 4.79 Å². The van der Waals surface area contributed by atoms with E-state index < -0.39 is 5.97 Å². The summed E-state index contributed by atoms with van der Waals surface area (Å²) in [5, 5.41) is 13.4. The van der Waals surface area contributed by atoms with Gasteiger partial charge in [-0.15, -0.1) is 0 Å². The number of imidazole rings is 1. The number of amides is 1. The van der Waals surface area contributed by atoms with Gasteiger partial charge in [-0.3, -0.25) is 9.48 Å². The van der Waals surface area contributed by atoms with Crippen LogP contribution in [0.3, 0.4) is 0 Å². The predicted molar refractivity (Wildman–Crippen MR) is 84.7 cm³/mol. The van der Waals surface area contributed by atoms with Crippen molar-refractivity contribution in [3.8, 4) is 11.1 Å². The van der Waals surface area contributed by atoms with Crippen molar-refractivity contribution in [2.45, 2.75) is 13.0 Å². The molecular weight excluding hydrogens is 310 g/mol. The fourth-order valence-corrected chi connectivity index (χ4v) is 2.83. The van der Waals surface area contributed by atoms with E-state index in [4.69, 9.17) is 5.11 Å². The first-order chi connectivity index (χ1) is 11.5. The Labute approximate surface area is 136 Å². The molecule has 24 heavy (non-hydrogen) atoms. The zero-order valence-electron chi connectivity index (χ0n) is 13.0. The molecule has 8 nitrogen and oxygen atoms in total. The van der Waals surface area contributed by atoms with Crippen molar-refractivity contribution in [2.24, 2.45) is 0 Å². The molecule has 0 aromatic carbocycles. The highest BCUT2D eigenvalue weighted by Crippen LogP contribution is 2.25. The summed E-state index contributed by atoms with van der Waals surface area (Å²) < 4.78 is 3.56. The van der Waals surface area contributed by atoms with Gasteiger partial charge in [-0.2, -0.15) is 5.10 Å². The molecule has 0 aliphatic carbocycles. The molecule has 1 amide bonds. The van der Waals surface area contributed by atoms with Crippen molar-refractivity contribution >= 4 is 17.5 Å². The topological polar surface area (TPSA) is 92.7 Å². The summed E-state index contributed by atoms with van der Waals surface area (Å²) in [6, 6.07) is 3.87. The third-order valence-electron chi connectivity index (χ3n) is 4.29. The van der Waals surface area contributed by atoms with Gasteiger partial charge in [-0.25, -0.2) is 9.78 Å². The summed E-state index contributed by atoms with van der Waals surface area (Å²) in [5.41, 5.74) is 2.45. The lowest BCUT2D eigenvalue weighted by atomic mass is 10.1. The van der Waals surface area contributed by atoms with Crippen LogP contribution in [-0.4, -0.2) is 54.1 Å². The van der Waals surface area contributed by atoms with Crippen LogP contribution in [0.2, 0.25) is 0 Å². The minimum atomic E-state index is -1.05. The van der Waals surface area contributed by atoms with Crippen molar-refractivity contribution in [1.82, 2.24) is 24.1 Å². The predicted octanol–water partition coefficient (Wildman–Crippen LogP) is 1.30. The molecule has 122 valence electrons. The fraction of sp³-hybridized carbons (Fsp3) is 0.250. The van der Waals surface area contributed by atoms with Gasteiger partial charge >= 0.3 is 5.97 Å². The van der Waals surface area contributed by atoms with Crippen molar-refractivity contribution < 1.29 is 14.7 Å². The van der Waals surface area contributed by atoms with Crippen LogP contribution in [0.4, 0.5) is 0 Å². The Morgan fingerprint density at radius 3 is 2.67 bits per heavy atom. The molecule has 0 saturated carbocycles. The Morgan fingerprint density at radius 2 is 1.96 bits per heavy atom. The number of aromatic carboxylic acids is 1. The van der Waals surface area contributed by atoms with E-state index in [1.165, 1.54) is 6.20 Å². The molecule has 0 radical (unpaired) electrons. The zero-order valence-corrected chi connectivity index (χ0v) is 13.0. The van der Waals surface area contributed by atoms with Crippen molar-refractivity contribution in [2.75, 3.05) is 13.1 Å². The molecule has 1 N–H and O–H groups in total. The molecule has 3 aromatic heterocycles. The molecular formula is C16H15N5O3. The van der Waals surface area contributed by atoms with E-state index in [1.807, 2.05) is 23.1 Å². The Kier molecular flexibility index (Phi) is 3.12. The fourth-order valence-electron chi connectivity index (χ4n) is 2.83. The summed E-state index contributed by atoms with van der Waals surface area (Å²) in [6.45, 7) is 2.93. The van der Waals surface area contributed by atoms with E-state index in [2.05, 4.69) is 10.1 Å². The van der Waals surface area contributed by atoms with E-state index in [0.29, 0.717) is 18.7 Å². The van der Waals surface area contributed by atoms with E-state index in [0.717, 1.165) is 11.1 Å². The first-order valence-corrected chi connectivity index (χ1v) is 7.53. The van der Waals surface area contributed by atoms with Gasteiger partial charge in [0.2, 0.25) is 5.91 Å². The average molecular weight is 325 g/mol. The maximum Gasteiger partial charge on any atom is 0.356 e. The normalized spacial score (nSPS) is 14.8. The first kappa shape index (κ1) is 14.4. The van der Waals surface area contributed by atoms with Crippen LogP contribution in [0.5, 0.6) is 0 Å². The lowest BCUT2D eigenvalue weighted by Crippen LogP contribution is -2.49. The molecule has 1 aliphatic heterocycles. The number of carboxylic acids is 1. The SMILES string of the molecule is CC(=O)N1CC(n2cc(-c3ccc4nc(C(=O)O)cn4c3)cn2)C1. The second-order valence-electron chi connectivity index (χ2n) is 5.90. The number of aromatic nitrogens is 4. The number of carbonyl (C=O) groups is 2. The third kappa shape index (κ3) is 2.32. The largest absolute Gasteiger partial charge is 0.476 e. The number of hydrogen-bond acceptors (Lipinski definition) is 4. The molecule has 4 rings (SSSR count). The summed E-state index contributed by atoms with van der Waals surface area (Å²) >= 11 is 0. The van der Waals surface area contributed by atoms with Crippen molar-refractivity contribution in [1.29, 1.82) is 0 Å². The Bertz CT molecular complexity index is 952. The summed E-state index contributed by atoms with van der Waals surface area (Å²) in [7, 11) is 0. The Balaban J connectivity index is 1.59. The Hall–Kier alpha value is -3.16. The summed E-state index contributed by atoms with van der Waals surface area (Å²) in [4.78, 5) is 28.1. The maximum absolute atomic E-state index is 11.2. The molecule has 0 spiro atoms. The number of likely N-dealkylation sites (tertiary alicyclic amines) is 1. The molecule has 0 bridgehead atoms. The van der Waals surface area contributed by atoms with Gasteiger partial charge in [-0.1, -0.05) is 0 Å². The summed E-state index contributed by atoms with van der Waals surface area (Å²) in [6.07, 6.45) is 7.03. The number of pyridine rings is 1. The number of carbonyl (C=O) groups excluding carboxylic acids is 1. The van der Waals surface area contributed by atoms with Gasteiger partial charge in [0.25, 0.3) is 0 Å². The van der Waals surface area contributed by atoms with Crippen LogP contribution in [0.25, 0.3) is 16.8 Å². The van der Waals surface area contributed by atoms with Gasteiger partial charge < -0.3 is 14.4 Å². The van der Waals surface area contributed by atoms with E-state index in [9.17, 15) is 9.59 Å². The lowest BCUT2D eigenvalue weighted by Gasteiger charge is -2.38.